The molecule has 1 N–H and O–H groups in total. The molecule has 0 bridgehead atoms. The molecule has 1 fully saturated rings. The lowest BCUT2D eigenvalue weighted by Gasteiger charge is -2.23. The average Bonchev–Trinajstić information content (AvgIpc) is 2.49. The van der Waals surface area contributed by atoms with Crippen LogP contribution in [0.2, 0.25) is 0 Å². The molecule has 88 valence electrons. The van der Waals surface area contributed by atoms with Crippen molar-refractivity contribution in [1.82, 2.24) is 10.2 Å². The zero-order chi connectivity index (χ0) is 11.3. The Morgan fingerprint density at radius 3 is 2.33 bits per heavy atom. The van der Waals surface area contributed by atoms with Gasteiger partial charge in [0.25, 0.3) is 0 Å². The Morgan fingerprint density at radius 1 is 1.13 bits per heavy atom. The van der Waals surface area contributed by atoms with Crippen molar-refractivity contribution in [3.63, 3.8) is 0 Å². The maximum Gasteiger partial charge on any atom is 0.241 e. The molecule has 1 rings (SSSR count). The smallest absolute Gasteiger partial charge is 0.241 e. The van der Waals surface area contributed by atoms with Crippen LogP contribution in [0, 0.1) is 0 Å². The van der Waals surface area contributed by atoms with Gasteiger partial charge in [0.2, 0.25) is 5.91 Å². The maximum absolute atomic E-state index is 12.0. The summed E-state index contributed by atoms with van der Waals surface area (Å²) < 4.78 is 0. The summed E-state index contributed by atoms with van der Waals surface area (Å²) in [5.41, 5.74) is 0. The average molecular weight is 212 g/mol. The van der Waals surface area contributed by atoms with Crippen LogP contribution in [0.1, 0.15) is 52.9 Å². The second-order valence-electron chi connectivity index (χ2n) is 4.34. The second-order valence-corrected chi connectivity index (χ2v) is 4.34. The van der Waals surface area contributed by atoms with Crippen molar-refractivity contribution in [3.05, 3.63) is 0 Å². The summed E-state index contributed by atoms with van der Waals surface area (Å²) >= 11 is 0. The third kappa shape index (κ3) is 2.94. The van der Waals surface area contributed by atoms with E-state index >= 15 is 0 Å². The number of hydrogen-bond acceptors (Lipinski definition) is 2. The number of nitrogens with one attached hydrogen (secondary N) is 1. The number of amides is 1. The lowest BCUT2D eigenvalue weighted by molar-refractivity contribution is -0.130. The number of rotatable bonds is 6. The molecule has 2 unspecified atom stereocenters. The highest BCUT2D eigenvalue weighted by Crippen LogP contribution is 2.18. The molecule has 3 heteroatoms. The Hall–Kier alpha value is -0.570. The lowest BCUT2D eigenvalue weighted by atomic mass is 10.2. The standard InChI is InChI=1S/C12H24N2O/c1-4-7-10-12(15)14(9-6-3)11(13-10)8-5-2/h10-11,13H,4-9H2,1-3H3. The van der Waals surface area contributed by atoms with Gasteiger partial charge in [0.05, 0.1) is 12.2 Å². The van der Waals surface area contributed by atoms with Crippen LogP contribution in [-0.4, -0.2) is 29.6 Å². The van der Waals surface area contributed by atoms with Crippen LogP contribution in [-0.2, 0) is 4.79 Å². The molecule has 1 amide bonds. The number of carbonyl (C=O) groups excluding carboxylic acids is 1. The molecule has 3 nitrogen and oxygen atoms in total. The fraction of sp³-hybridized carbons (Fsp3) is 0.917. The minimum Gasteiger partial charge on any atom is -0.326 e. The molecule has 15 heavy (non-hydrogen) atoms. The van der Waals surface area contributed by atoms with Crippen LogP contribution in [0.15, 0.2) is 0 Å². The van der Waals surface area contributed by atoms with Crippen molar-refractivity contribution in [1.29, 1.82) is 0 Å². The summed E-state index contributed by atoms with van der Waals surface area (Å²) in [4.78, 5) is 14.1. The molecule has 1 heterocycles. The molecule has 0 aliphatic carbocycles. The van der Waals surface area contributed by atoms with Crippen molar-refractivity contribution < 1.29 is 4.79 Å². The summed E-state index contributed by atoms with van der Waals surface area (Å²) in [7, 11) is 0. The SMILES string of the molecule is CCCC1NC(CCC)N(CCC)C1=O. The minimum absolute atomic E-state index is 0.0816. The van der Waals surface area contributed by atoms with Crippen LogP contribution >= 0.6 is 0 Å². The Morgan fingerprint density at radius 2 is 1.80 bits per heavy atom. The highest BCUT2D eigenvalue weighted by Gasteiger charge is 2.36. The highest BCUT2D eigenvalue weighted by molar-refractivity contribution is 5.84. The third-order valence-electron chi connectivity index (χ3n) is 2.95. The van der Waals surface area contributed by atoms with Gasteiger partial charge in [-0.25, -0.2) is 0 Å². The van der Waals surface area contributed by atoms with E-state index in [1.54, 1.807) is 0 Å². The molecule has 1 saturated heterocycles. The van der Waals surface area contributed by atoms with Gasteiger partial charge < -0.3 is 4.90 Å². The second kappa shape index (κ2) is 6.11. The third-order valence-corrected chi connectivity index (χ3v) is 2.95. The van der Waals surface area contributed by atoms with Crippen molar-refractivity contribution in [2.45, 2.75) is 65.1 Å². The monoisotopic (exact) mass is 212 g/mol. The van der Waals surface area contributed by atoms with Gasteiger partial charge >= 0.3 is 0 Å². The van der Waals surface area contributed by atoms with E-state index in [4.69, 9.17) is 0 Å². The number of carbonyl (C=O) groups is 1. The van der Waals surface area contributed by atoms with Crippen molar-refractivity contribution in [2.24, 2.45) is 0 Å². The van der Waals surface area contributed by atoms with E-state index in [1.807, 2.05) is 4.90 Å². The van der Waals surface area contributed by atoms with Gasteiger partial charge in [-0.15, -0.1) is 0 Å². The highest BCUT2D eigenvalue weighted by atomic mass is 16.2. The van der Waals surface area contributed by atoms with E-state index in [0.29, 0.717) is 12.1 Å². The molecule has 0 aromatic carbocycles. The summed E-state index contributed by atoms with van der Waals surface area (Å²) in [6.45, 7) is 7.33. The largest absolute Gasteiger partial charge is 0.326 e. The lowest BCUT2D eigenvalue weighted by Crippen LogP contribution is -2.37. The molecule has 0 aromatic rings. The van der Waals surface area contributed by atoms with Gasteiger partial charge in [-0.05, 0) is 19.3 Å². The van der Waals surface area contributed by atoms with Gasteiger partial charge in [-0.1, -0.05) is 33.6 Å². The predicted octanol–water partition coefficient (Wildman–Crippen LogP) is 2.12. The number of hydrogen-bond donors (Lipinski definition) is 1. The molecule has 1 aliphatic rings. The van der Waals surface area contributed by atoms with Crippen LogP contribution in [0.4, 0.5) is 0 Å². The zero-order valence-electron chi connectivity index (χ0n) is 10.3. The van der Waals surface area contributed by atoms with Gasteiger partial charge in [0, 0.05) is 6.54 Å². The van der Waals surface area contributed by atoms with Gasteiger partial charge in [0.15, 0.2) is 0 Å². The normalized spacial score (nSPS) is 26.3. The van der Waals surface area contributed by atoms with E-state index in [1.165, 1.54) is 0 Å². The Kier molecular flexibility index (Phi) is 5.09. The van der Waals surface area contributed by atoms with Crippen molar-refractivity contribution in [3.8, 4) is 0 Å². The molecule has 1 aliphatic heterocycles. The molecular weight excluding hydrogens is 188 g/mol. The molecular formula is C12H24N2O. The predicted molar refractivity (Wildman–Crippen MR) is 62.5 cm³/mol. The molecule has 0 spiro atoms. The van der Waals surface area contributed by atoms with E-state index in [9.17, 15) is 4.79 Å². The summed E-state index contributed by atoms with van der Waals surface area (Å²) in [6.07, 6.45) is 5.59. The zero-order valence-corrected chi connectivity index (χ0v) is 10.3. The first-order valence-corrected chi connectivity index (χ1v) is 6.31. The number of nitrogens with zero attached hydrogens (tertiary/aromatic N) is 1. The van der Waals surface area contributed by atoms with Crippen LogP contribution < -0.4 is 5.32 Å². The Balaban J connectivity index is 2.59. The molecule has 0 saturated carbocycles. The fourth-order valence-electron chi connectivity index (χ4n) is 2.26. The summed E-state index contributed by atoms with van der Waals surface area (Å²) in [5.74, 6) is 0.317. The molecule has 2 atom stereocenters. The first-order chi connectivity index (χ1) is 7.24. The summed E-state index contributed by atoms with van der Waals surface area (Å²) in [6, 6.07) is 0.0816. The summed E-state index contributed by atoms with van der Waals surface area (Å²) in [5, 5.41) is 3.45. The fourth-order valence-corrected chi connectivity index (χ4v) is 2.26. The van der Waals surface area contributed by atoms with Crippen molar-refractivity contribution >= 4 is 5.91 Å². The maximum atomic E-state index is 12.0. The van der Waals surface area contributed by atoms with Gasteiger partial charge in [-0.2, -0.15) is 0 Å². The first-order valence-electron chi connectivity index (χ1n) is 6.31. The van der Waals surface area contributed by atoms with Crippen LogP contribution in [0.25, 0.3) is 0 Å². The van der Waals surface area contributed by atoms with Crippen molar-refractivity contribution in [2.75, 3.05) is 6.54 Å². The molecule has 0 radical (unpaired) electrons. The van der Waals surface area contributed by atoms with Crippen LogP contribution in [0.3, 0.4) is 0 Å². The Bertz CT molecular complexity index is 206. The van der Waals surface area contributed by atoms with Crippen LogP contribution in [0.5, 0.6) is 0 Å². The van der Waals surface area contributed by atoms with E-state index in [0.717, 1.165) is 38.6 Å². The van der Waals surface area contributed by atoms with Gasteiger partial charge in [-0.3, -0.25) is 10.1 Å². The minimum atomic E-state index is 0.0816. The quantitative estimate of drug-likeness (QED) is 0.731. The van der Waals surface area contributed by atoms with E-state index in [-0.39, 0.29) is 6.04 Å². The molecule has 0 aromatic heterocycles. The van der Waals surface area contributed by atoms with E-state index < -0.39 is 0 Å². The Labute approximate surface area is 93.2 Å². The van der Waals surface area contributed by atoms with Gasteiger partial charge in [0.1, 0.15) is 0 Å². The first kappa shape index (κ1) is 12.5. The topological polar surface area (TPSA) is 32.3 Å². The van der Waals surface area contributed by atoms with E-state index in [2.05, 4.69) is 26.1 Å².